The monoisotopic (exact) mass is 510 g/mol. The van der Waals surface area contributed by atoms with Crippen LogP contribution >= 0.6 is 11.6 Å². The maximum Gasteiger partial charge on any atom is 0.227 e. The topological polar surface area (TPSA) is 95.0 Å². The van der Waals surface area contributed by atoms with E-state index < -0.39 is 0 Å². The van der Waals surface area contributed by atoms with E-state index in [1.165, 1.54) is 0 Å². The fraction of sp³-hybridized carbons (Fsp3) is 0.385. The van der Waals surface area contributed by atoms with Crippen molar-refractivity contribution in [3.05, 3.63) is 64.9 Å². The van der Waals surface area contributed by atoms with Crippen LogP contribution in [0.3, 0.4) is 0 Å². The molecule has 1 aromatic heterocycles. The molecule has 2 aliphatic heterocycles. The molecule has 0 bridgehead atoms. The first-order valence-corrected chi connectivity index (χ1v) is 12.6. The SMILES string of the molecule is OCc1ccc(Cl)c(NCc2ccnc(Nc3cc(N4CCOCC4)cc(N4CCOCC4)c3)n2)c1. The highest BCUT2D eigenvalue weighted by atomic mass is 35.5. The number of aliphatic hydroxyl groups is 1. The average molecular weight is 511 g/mol. The highest BCUT2D eigenvalue weighted by Gasteiger charge is 2.17. The van der Waals surface area contributed by atoms with Crippen LogP contribution in [0.15, 0.2) is 48.7 Å². The Hall–Kier alpha value is -3.11. The van der Waals surface area contributed by atoms with E-state index in [1.807, 2.05) is 12.1 Å². The van der Waals surface area contributed by atoms with Crippen molar-refractivity contribution in [1.29, 1.82) is 0 Å². The average Bonchev–Trinajstić information content (AvgIpc) is 2.93. The van der Waals surface area contributed by atoms with Gasteiger partial charge in [-0.1, -0.05) is 17.7 Å². The van der Waals surface area contributed by atoms with Gasteiger partial charge in [0.1, 0.15) is 0 Å². The Morgan fingerprint density at radius 1 is 0.889 bits per heavy atom. The van der Waals surface area contributed by atoms with E-state index in [2.05, 4.69) is 43.6 Å². The molecule has 2 fully saturated rings. The Morgan fingerprint density at radius 3 is 2.19 bits per heavy atom. The molecular formula is C26H31ClN6O3. The summed E-state index contributed by atoms with van der Waals surface area (Å²) in [5.41, 5.74) is 5.61. The van der Waals surface area contributed by atoms with Gasteiger partial charge in [0.25, 0.3) is 0 Å². The van der Waals surface area contributed by atoms with Gasteiger partial charge < -0.3 is 35.0 Å². The van der Waals surface area contributed by atoms with Gasteiger partial charge in [-0.25, -0.2) is 9.97 Å². The zero-order valence-electron chi connectivity index (χ0n) is 20.1. The molecule has 0 atom stereocenters. The van der Waals surface area contributed by atoms with E-state index in [1.54, 1.807) is 18.3 Å². The van der Waals surface area contributed by atoms with Gasteiger partial charge in [-0.15, -0.1) is 0 Å². The molecule has 190 valence electrons. The molecule has 3 heterocycles. The number of nitrogens with zero attached hydrogens (tertiary/aromatic N) is 4. The minimum atomic E-state index is -0.0383. The van der Waals surface area contributed by atoms with E-state index in [4.69, 9.17) is 26.1 Å². The number of ether oxygens (including phenoxy) is 2. The molecule has 3 aromatic rings. The van der Waals surface area contributed by atoms with Gasteiger partial charge in [0.05, 0.1) is 56.0 Å². The molecule has 0 radical (unpaired) electrons. The maximum atomic E-state index is 9.40. The molecule has 0 unspecified atom stereocenters. The smallest absolute Gasteiger partial charge is 0.227 e. The summed E-state index contributed by atoms with van der Waals surface area (Å²) in [6.07, 6.45) is 1.74. The number of halogens is 1. The lowest BCUT2D eigenvalue weighted by Crippen LogP contribution is -2.38. The standard InChI is InChI=1S/C26H31ClN6O3/c27-24-2-1-19(18-34)13-25(24)29-17-20-3-4-28-26(30-20)31-21-14-22(32-5-9-35-10-6-32)16-23(15-21)33-7-11-36-12-8-33/h1-4,13-16,29,34H,5-12,17-18H2,(H,28,30,31). The van der Waals surface area contributed by atoms with Gasteiger partial charge in [-0.3, -0.25) is 0 Å². The highest BCUT2D eigenvalue weighted by molar-refractivity contribution is 6.33. The zero-order chi connectivity index (χ0) is 24.7. The number of aromatic nitrogens is 2. The van der Waals surface area contributed by atoms with Gasteiger partial charge in [0.2, 0.25) is 5.95 Å². The first kappa shape index (κ1) is 24.6. The van der Waals surface area contributed by atoms with Crippen molar-refractivity contribution in [2.75, 3.05) is 73.0 Å². The number of rotatable bonds is 8. The van der Waals surface area contributed by atoms with Gasteiger partial charge in [0, 0.05) is 49.4 Å². The zero-order valence-corrected chi connectivity index (χ0v) is 20.9. The van der Waals surface area contributed by atoms with Crippen molar-refractivity contribution in [2.45, 2.75) is 13.2 Å². The van der Waals surface area contributed by atoms with Crippen LogP contribution in [-0.2, 0) is 22.6 Å². The molecule has 9 nitrogen and oxygen atoms in total. The molecule has 36 heavy (non-hydrogen) atoms. The van der Waals surface area contributed by atoms with Crippen LogP contribution in [0.1, 0.15) is 11.3 Å². The quantitative estimate of drug-likeness (QED) is 0.419. The number of hydrogen-bond donors (Lipinski definition) is 3. The van der Waals surface area contributed by atoms with Gasteiger partial charge in [0.15, 0.2) is 0 Å². The number of aliphatic hydroxyl groups excluding tert-OH is 1. The van der Waals surface area contributed by atoms with Crippen LogP contribution < -0.4 is 20.4 Å². The molecule has 5 rings (SSSR count). The van der Waals surface area contributed by atoms with Crippen LogP contribution in [0.4, 0.5) is 28.7 Å². The lowest BCUT2D eigenvalue weighted by Gasteiger charge is -2.33. The van der Waals surface area contributed by atoms with Crippen molar-refractivity contribution in [3.63, 3.8) is 0 Å². The fourth-order valence-electron chi connectivity index (χ4n) is 4.35. The Morgan fingerprint density at radius 2 is 1.56 bits per heavy atom. The second kappa shape index (κ2) is 11.7. The van der Waals surface area contributed by atoms with Crippen LogP contribution in [-0.4, -0.2) is 67.7 Å². The predicted molar refractivity (Wildman–Crippen MR) is 143 cm³/mol. The van der Waals surface area contributed by atoms with Gasteiger partial charge in [-0.2, -0.15) is 0 Å². The summed E-state index contributed by atoms with van der Waals surface area (Å²) in [4.78, 5) is 13.8. The molecular weight excluding hydrogens is 480 g/mol. The third-order valence-corrected chi connectivity index (χ3v) is 6.63. The van der Waals surface area contributed by atoms with Gasteiger partial charge >= 0.3 is 0 Å². The van der Waals surface area contributed by atoms with Crippen molar-refractivity contribution in [1.82, 2.24) is 9.97 Å². The molecule has 0 saturated carbocycles. The Bertz CT molecular complexity index is 1130. The largest absolute Gasteiger partial charge is 0.392 e. The van der Waals surface area contributed by atoms with Gasteiger partial charge in [-0.05, 0) is 42.0 Å². The van der Waals surface area contributed by atoms with E-state index in [0.717, 1.165) is 86.6 Å². The van der Waals surface area contributed by atoms with Crippen LogP contribution in [0, 0.1) is 0 Å². The summed E-state index contributed by atoms with van der Waals surface area (Å²) < 4.78 is 11.1. The number of morpholine rings is 2. The molecule has 2 aliphatic rings. The highest BCUT2D eigenvalue weighted by Crippen LogP contribution is 2.30. The van der Waals surface area contributed by atoms with Crippen molar-refractivity contribution in [3.8, 4) is 0 Å². The Balaban J connectivity index is 1.34. The normalized spacial score (nSPS) is 16.2. The van der Waals surface area contributed by atoms with E-state index in [-0.39, 0.29) is 6.61 Å². The minimum absolute atomic E-state index is 0.0383. The third-order valence-electron chi connectivity index (χ3n) is 6.30. The molecule has 2 saturated heterocycles. The van der Waals surface area contributed by atoms with Crippen molar-refractivity contribution >= 4 is 40.3 Å². The molecule has 0 spiro atoms. The Kier molecular flexibility index (Phi) is 8.02. The summed E-state index contributed by atoms with van der Waals surface area (Å²) in [6, 6.07) is 13.8. The molecule has 0 aliphatic carbocycles. The second-order valence-electron chi connectivity index (χ2n) is 8.76. The van der Waals surface area contributed by atoms with Crippen molar-refractivity contribution in [2.24, 2.45) is 0 Å². The number of hydrogen-bond acceptors (Lipinski definition) is 9. The summed E-state index contributed by atoms with van der Waals surface area (Å²) in [7, 11) is 0. The molecule has 0 amide bonds. The van der Waals surface area contributed by atoms with Crippen LogP contribution in [0.5, 0.6) is 0 Å². The molecule has 2 aromatic carbocycles. The third kappa shape index (κ3) is 6.17. The first-order chi connectivity index (χ1) is 17.7. The number of benzene rings is 2. The van der Waals surface area contributed by atoms with Crippen molar-refractivity contribution < 1.29 is 14.6 Å². The lowest BCUT2D eigenvalue weighted by molar-refractivity contribution is 0.122. The minimum Gasteiger partial charge on any atom is -0.392 e. The lowest BCUT2D eigenvalue weighted by atomic mass is 10.2. The number of nitrogens with one attached hydrogen (secondary N) is 2. The molecule has 3 N–H and O–H groups in total. The predicted octanol–water partition coefficient (Wildman–Crippen LogP) is 3.65. The first-order valence-electron chi connectivity index (χ1n) is 12.2. The second-order valence-corrected chi connectivity index (χ2v) is 9.17. The van der Waals surface area contributed by atoms with E-state index >= 15 is 0 Å². The number of anilines is 5. The van der Waals surface area contributed by atoms with E-state index in [9.17, 15) is 5.11 Å². The maximum absolute atomic E-state index is 9.40. The fourth-order valence-corrected chi connectivity index (χ4v) is 4.54. The molecule has 10 heteroatoms. The summed E-state index contributed by atoms with van der Waals surface area (Å²) in [5, 5.41) is 16.7. The Labute approximate surface area is 216 Å². The van der Waals surface area contributed by atoms with E-state index in [0.29, 0.717) is 17.5 Å². The summed E-state index contributed by atoms with van der Waals surface area (Å²) in [6.45, 7) is 6.81. The van der Waals surface area contributed by atoms with Crippen LogP contribution in [0.25, 0.3) is 0 Å². The summed E-state index contributed by atoms with van der Waals surface area (Å²) in [5.74, 6) is 0.525. The summed E-state index contributed by atoms with van der Waals surface area (Å²) >= 11 is 6.30. The van der Waals surface area contributed by atoms with Crippen LogP contribution in [0.2, 0.25) is 5.02 Å².